The molecule has 0 aliphatic carbocycles. The fourth-order valence-electron chi connectivity index (χ4n) is 2.76. The maximum Gasteiger partial charge on any atom is 0.102 e. The van der Waals surface area contributed by atoms with E-state index >= 15 is 0 Å². The number of benzene rings is 2. The Bertz CT molecular complexity index is 1050. The Balaban J connectivity index is 0.000000264. The van der Waals surface area contributed by atoms with Gasteiger partial charge in [-0.25, -0.2) is 0 Å². The summed E-state index contributed by atoms with van der Waals surface area (Å²) >= 11 is 0. The van der Waals surface area contributed by atoms with Gasteiger partial charge in [0.1, 0.15) is 6.10 Å². The number of hydrogen-bond acceptors (Lipinski definition) is 4. The molecule has 0 amide bonds. The number of aliphatic hydroxyl groups excluding tert-OH is 2. The molecular formula is C22H30N4O2. The van der Waals surface area contributed by atoms with Crippen LogP contribution in [0.4, 0.5) is 0 Å². The van der Waals surface area contributed by atoms with Crippen molar-refractivity contribution < 1.29 is 10.2 Å². The van der Waals surface area contributed by atoms with E-state index < -0.39 is 6.10 Å². The molecule has 6 heteroatoms. The quantitative estimate of drug-likeness (QED) is 0.560. The standard InChI is InChI=1S/C10H12N2O2.C10H10N2.2CH4/c1-12-9-4-7(10(14)6-13)2-3-8(9)5-11-12;1-3-8-4-5-9-7-11-12(2)10(9)6-8;;/h2-5,10,13-14H,6H2,1H3;3-7H,1H2,2H3;2*1H4/t10-;;;/m1.../s1. The van der Waals surface area contributed by atoms with Crippen LogP contribution in [0.5, 0.6) is 0 Å². The molecule has 28 heavy (non-hydrogen) atoms. The Morgan fingerprint density at radius 2 is 1.50 bits per heavy atom. The van der Waals surface area contributed by atoms with E-state index in [-0.39, 0.29) is 21.5 Å². The van der Waals surface area contributed by atoms with Gasteiger partial charge in [-0.3, -0.25) is 9.36 Å². The van der Waals surface area contributed by atoms with Crippen LogP contribution in [0.25, 0.3) is 27.9 Å². The molecule has 0 spiro atoms. The summed E-state index contributed by atoms with van der Waals surface area (Å²) in [6, 6.07) is 11.7. The smallest absolute Gasteiger partial charge is 0.102 e. The molecular weight excluding hydrogens is 352 g/mol. The summed E-state index contributed by atoms with van der Waals surface area (Å²) in [5, 5.41) is 28.7. The molecule has 2 aromatic carbocycles. The van der Waals surface area contributed by atoms with Crippen molar-refractivity contribution in [1.29, 1.82) is 0 Å². The van der Waals surface area contributed by atoms with E-state index in [9.17, 15) is 5.11 Å². The maximum atomic E-state index is 9.44. The molecule has 0 unspecified atom stereocenters. The predicted molar refractivity (Wildman–Crippen MR) is 117 cm³/mol. The fraction of sp³-hybridized carbons (Fsp3) is 0.273. The third-order valence-electron chi connectivity index (χ3n) is 4.34. The molecule has 0 aliphatic heterocycles. The van der Waals surface area contributed by atoms with Crippen molar-refractivity contribution in [2.24, 2.45) is 14.1 Å². The zero-order valence-electron chi connectivity index (χ0n) is 14.9. The number of aliphatic hydroxyl groups is 2. The van der Waals surface area contributed by atoms with Crippen LogP contribution in [-0.2, 0) is 14.1 Å². The van der Waals surface area contributed by atoms with E-state index in [1.54, 1.807) is 16.9 Å². The lowest BCUT2D eigenvalue weighted by Crippen LogP contribution is -2.02. The van der Waals surface area contributed by atoms with Crippen molar-refractivity contribution in [2.45, 2.75) is 21.0 Å². The highest BCUT2D eigenvalue weighted by Gasteiger charge is 2.07. The Morgan fingerprint density at radius 1 is 0.964 bits per heavy atom. The Labute approximate surface area is 166 Å². The lowest BCUT2D eigenvalue weighted by atomic mass is 10.1. The molecule has 4 aromatic rings. The van der Waals surface area contributed by atoms with Gasteiger partial charge in [0.25, 0.3) is 0 Å². The molecule has 0 aliphatic rings. The fourth-order valence-corrected chi connectivity index (χ4v) is 2.76. The third kappa shape index (κ3) is 4.65. The minimum Gasteiger partial charge on any atom is -0.393 e. The number of nitrogens with zero attached hydrogens (tertiary/aromatic N) is 4. The van der Waals surface area contributed by atoms with Crippen LogP contribution in [0, 0.1) is 0 Å². The van der Waals surface area contributed by atoms with Crippen molar-refractivity contribution in [1.82, 2.24) is 19.6 Å². The molecule has 6 nitrogen and oxygen atoms in total. The minimum atomic E-state index is -0.811. The van der Waals surface area contributed by atoms with Crippen LogP contribution < -0.4 is 0 Å². The van der Waals surface area contributed by atoms with Crippen molar-refractivity contribution in [3.05, 3.63) is 66.5 Å². The van der Waals surface area contributed by atoms with E-state index in [0.29, 0.717) is 5.56 Å². The molecule has 0 saturated carbocycles. The van der Waals surface area contributed by atoms with Crippen LogP contribution in [0.3, 0.4) is 0 Å². The van der Waals surface area contributed by atoms with Crippen LogP contribution in [0.2, 0.25) is 0 Å². The van der Waals surface area contributed by atoms with Gasteiger partial charge in [-0.05, 0) is 23.3 Å². The summed E-state index contributed by atoms with van der Waals surface area (Å²) < 4.78 is 3.60. The van der Waals surface area contributed by atoms with Gasteiger partial charge in [0.05, 0.1) is 30.0 Å². The predicted octanol–water partition coefficient (Wildman–Crippen LogP) is 4.09. The van der Waals surface area contributed by atoms with Gasteiger partial charge in [-0.15, -0.1) is 0 Å². The zero-order chi connectivity index (χ0) is 18.7. The lowest BCUT2D eigenvalue weighted by molar-refractivity contribution is 0.0957. The van der Waals surface area contributed by atoms with Gasteiger partial charge >= 0.3 is 0 Å². The van der Waals surface area contributed by atoms with Gasteiger partial charge in [-0.2, -0.15) is 10.2 Å². The highest BCUT2D eigenvalue weighted by atomic mass is 16.3. The number of aryl methyl sites for hydroxylation is 2. The number of fused-ring (bicyclic) bond motifs is 2. The van der Waals surface area contributed by atoms with E-state index in [1.807, 2.05) is 49.2 Å². The van der Waals surface area contributed by atoms with Crippen LogP contribution >= 0.6 is 0 Å². The second-order valence-electron chi connectivity index (χ2n) is 6.08. The third-order valence-corrected chi connectivity index (χ3v) is 4.34. The maximum absolute atomic E-state index is 9.44. The summed E-state index contributed by atoms with van der Waals surface area (Å²) in [6.07, 6.45) is 4.66. The molecule has 0 saturated heterocycles. The number of rotatable bonds is 3. The Kier molecular flexibility index (Phi) is 8.10. The first-order chi connectivity index (χ1) is 12.5. The minimum absolute atomic E-state index is 0. The topological polar surface area (TPSA) is 76.1 Å². The van der Waals surface area contributed by atoms with Crippen LogP contribution in [-0.4, -0.2) is 36.4 Å². The monoisotopic (exact) mass is 382 g/mol. The van der Waals surface area contributed by atoms with Crippen molar-refractivity contribution >= 4 is 27.9 Å². The number of aromatic nitrogens is 4. The molecule has 2 aromatic heterocycles. The Morgan fingerprint density at radius 3 is 2.04 bits per heavy atom. The van der Waals surface area contributed by atoms with Gasteiger partial charge in [0.15, 0.2) is 0 Å². The first-order valence-corrected chi connectivity index (χ1v) is 8.28. The molecule has 0 radical (unpaired) electrons. The summed E-state index contributed by atoms with van der Waals surface area (Å²) in [4.78, 5) is 0. The molecule has 2 heterocycles. The van der Waals surface area contributed by atoms with E-state index in [4.69, 9.17) is 5.11 Å². The van der Waals surface area contributed by atoms with E-state index in [0.717, 1.165) is 22.0 Å². The van der Waals surface area contributed by atoms with E-state index in [1.165, 1.54) is 5.39 Å². The molecule has 0 bridgehead atoms. The van der Waals surface area contributed by atoms with Gasteiger partial charge < -0.3 is 10.2 Å². The normalized spacial score (nSPS) is 11.1. The largest absolute Gasteiger partial charge is 0.393 e. The van der Waals surface area contributed by atoms with Crippen LogP contribution in [0.1, 0.15) is 32.1 Å². The summed E-state index contributed by atoms with van der Waals surface area (Å²) in [6.45, 7) is 3.46. The van der Waals surface area contributed by atoms with Gasteiger partial charge in [0.2, 0.25) is 0 Å². The highest BCUT2D eigenvalue weighted by molar-refractivity contribution is 5.81. The van der Waals surface area contributed by atoms with Gasteiger partial charge in [0, 0.05) is 24.9 Å². The summed E-state index contributed by atoms with van der Waals surface area (Å²) in [7, 11) is 3.78. The highest BCUT2D eigenvalue weighted by Crippen LogP contribution is 2.19. The summed E-state index contributed by atoms with van der Waals surface area (Å²) in [5.41, 5.74) is 3.94. The van der Waals surface area contributed by atoms with E-state index in [2.05, 4.69) is 28.9 Å². The number of hydrogen-bond donors (Lipinski definition) is 2. The average Bonchev–Trinajstić information content (AvgIpc) is 3.24. The summed E-state index contributed by atoms with van der Waals surface area (Å²) in [5.74, 6) is 0. The molecule has 2 N–H and O–H groups in total. The van der Waals surface area contributed by atoms with Crippen molar-refractivity contribution in [2.75, 3.05) is 6.61 Å². The molecule has 150 valence electrons. The first kappa shape index (κ1) is 23.1. The molecule has 4 rings (SSSR count). The van der Waals surface area contributed by atoms with Crippen molar-refractivity contribution in [3.8, 4) is 0 Å². The Hall–Kier alpha value is -2.96. The van der Waals surface area contributed by atoms with Gasteiger partial charge in [-0.1, -0.05) is 51.8 Å². The van der Waals surface area contributed by atoms with Crippen molar-refractivity contribution in [3.63, 3.8) is 0 Å². The molecule has 1 atom stereocenters. The average molecular weight is 383 g/mol. The first-order valence-electron chi connectivity index (χ1n) is 8.28. The second kappa shape index (κ2) is 9.82. The zero-order valence-corrected chi connectivity index (χ0v) is 14.9. The van der Waals surface area contributed by atoms with Crippen LogP contribution in [0.15, 0.2) is 55.4 Å². The molecule has 0 fully saturated rings. The second-order valence-corrected chi connectivity index (χ2v) is 6.08. The lowest BCUT2D eigenvalue weighted by Gasteiger charge is -2.07. The SMILES string of the molecule is C.C.C=Cc1ccc2cnn(C)c2c1.Cn1ncc2ccc([C@H](O)CO)cc21.